The first kappa shape index (κ1) is 16.5. The molecule has 2 fully saturated rings. The molecule has 23 heavy (non-hydrogen) atoms. The Hall–Kier alpha value is -1.40. The molecule has 3 rings (SSSR count). The molecule has 2 amide bonds. The monoisotopic (exact) mass is 336 g/mol. The molecule has 1 aliphatic heterocycles. The molecule has 126 valence electrons. The highest BCUT2D eigenvalue weighted by Gasteiger charge is 2.53. The lowest BCUT2D eigenvalue weighted by Gasteiger charge is -2.41. The minimum absolute atomic E-state index is 0.0731. The van der Waals surface area contributed by atoms with Gasteiger partial charge in [-0.3, -0.25) is 14.5 Å². The van der Waals surface area contributed by atoms with Gasteiger partial charge in [-0.05, 0) is 43.6 Å². The molecule has 1 saturated carbocycles. The van der Waals surface area contributed by atoms with Crippen LogP contribution in [0, 0.1) is 0 Å². The summed E-state index contributed by atoms with van der Waals surface area (Å²) < 4.78 is 6.08. The molecule has 0 aromatic carbocycles. The molecule has 1 aromatic heterocycles. The number of carbonyl (C=O) groups excluding carboxylic acids is 2. The number of carbonyl (C=O) groups is 2. The van der Waals surface area contributed by atoms with E-state index in [2.05, 4.69) is 5.32 Å². The molecule has 0 unspecified atom stereocenters. The van der Waals surface area contributed by atoms with Crippen molar-refractivity contribution in [2.45, 2.75) is 57.2 Å². The van der Waals surface area contributed by atoms with Crippen LogP contribution in [0.2, 0.25) is 0 Å². The van der Waals surface area contributed by atoms with Gasteiger partial charge in [-0.2, -0.15) is 0 Å². The van der Waals surface area contributed by atoms with Gasteiger partial charge in [0.15, 0.2) is 0 Å². The van der Waals surface area contributed by atoms with Crippen molar-refractivity contribution < 1.29 is 14.3 Å². The van der Waals surface area contributed by atoms with Crippen molar-refractivity contribution in [3.63, 3.8) is 0 Å². The van der Waals surface area contributed by atoms with E-state index in [1.54, 1.807) is 4.90 Å². The number of amides is 2. The molecule has 1 atom stereocenters. The molecule has 1 saturated heterocycles. The highest BCUT2D eigenvalue weighted by molar-refractivity contribution is 7.12. The molecule has 6 heteroatoms. The second kappa shape index (κ2) is 7.01. The molecular formula is C17H24N2O3S. The Morgan fingerprint density at radius 3 is 2.83 bits per heavy atom. The van der Waals surface area contributed by atoms with Crippen LogP contribution in [0.3, 0.4) is 0 Å². The van der Waals surface area contributed by atoms with Crippen LogP contribution >= 0.6 is 11.3 Å². The lowest BCUT2D eigenvalue weighted by Crippen LogP contribution is -2.56. The molecule has 5 nitrogen and oxygen atoms in total. The summed E-state index contributed by atoms with van der Waals surface area (Å²) in [6.45, 7) is 2.94. The summed E-state index contributed by atoms with van der Waals surface area (Å²) in [5, 5.41) is 4.81. The van der Waals surface area contributed by atoms with Crippen molar-refractivity contribution in [2.24, 2.45) is 0 Å². The van der Waals surface area contributed by atoms with Crippen molar-refractivity contribution in [1.29, 1.82) is 0 Å². The standard InChI is InChI=1S/C17H24N2O3S/c1-2-10-18-15(20)13-12-22-17(8-4-3-5-9-17)19(13)16(21)14-7-6-11-23-14/h6-7,11,13H,2-5,8-10,12H2,1H3,(H,18,20)/t13-/m0/s1. The van der Waals surface area contributed by atoms with E-state index in [9.17, 15) is 9.59 Å². The topological polar surface area (TPSA) is 58.6 Å². The number of hydrogen-bond acceptors (Lipinski definition) is 4. The van der Waals surface area contributed by atoms with Crippen LogP contribution in [-0.4, -0.2) is 41.6 Å². The predicted octanol–water partition coefficient (Wildman–Crippen LogP) is 2.78. The second-order valence-corrected chi connectivity index (χ2v) is 7.22. The van der Waals surface area contributed by atoms with Gasteiger partial charge in [0.25, 0.3) is 5.91 Å². The first-order valence-electron chi connectivity index (χ1n) is 8.47. The average Bonchev–Trinajstić information content (AvgIpc) is 3.21. The van der Waals surface area contributed by atoms with Crippen LogP contribution < -0.4 is 5.32 Å². The zero-order valence-corrected chi connectivity index (χ0v) is 14.4. The van der Waals surface area contributed by atoms with Gasteiger partial charge in [0.1, 0.15) is 11.8 Å². The molecule has 2 aliphatic rings. The van der Waals surface area contributed by atoms with E-state index < -0.39 is 11.8 Å². The Kier molecular flexibility index (Phi) is 5.02. The Morgan fingerprint density at radius 2 is 2.17 bits per heavy atom. The van der Waals surface area contributed by atoms with Gasteiger partial charge in [0, 0.05) is 6.54 Å². The van der Waals surface area contributed by atoms with E-state index in [-0.39, 0.29) is 11.8 Å². The number of hydrogen-bond donors (Lipinski definition) is 1. The summed E-state index contributed by atoms with van der Waals surface area (Å²) in [5.41, 5.74) is -0.590. The first-order chi connectivity index (χ1) is 11.2. The summed E-state index contributed by atoms with van der Waals surface area (Å²) in [6, 6.07) is 3.17. The van der Waals surface area contributed by atoms with Crippen molar-refractivity contribution in [1.82, 2.24) is 10.2 Å². The minimum Gasteiger partial charge on any atom is -0.354 e. The highest BCUT2D eigenvalue weighted by atomic mass is 32.1. The summed E-state index contributed by atoms with van der Waals surface area (Å²) in [7, 11) is 0. The summed E-state index contributed by atoms with van der Waals surface area (Å²) in [6.07, 6.45) is 5.76. The fraction of sp³-hybridized carbons (Fsp3) is 0.647. The lowest BCUT2D eigenvalue weighted by atomic mass is 9.90. The van der Waals surface area contributed by atoms with Crippen LogP contribution in [0.5, 0.6) is 0 Å². The molecule has 0 radical (unpaired) electrons. The smallest absolute Gasteiger partial charge is 0.266 e. The molecule has 1 spiro atoms. The van der Waals surface area contributed by atoms with Crippen molar-refractivity contribution in [3.05, 3.63) is 22.4 Å². The molecule has 0 bridgehead atoms. The normalized spacial score (nSPS) is 23.2. The fourth-order valence-electron chi connectivity index (χ4n) is 3.56. The van der Waals surface area contributed by atoms with Crippen molar-refractivity contribution in [3.8, 4) is 0 Å². The highest BCUT2D eigenvalue weighted by Crippen LogP contribution is 2.41. The van der Waals surface area contributed by atoms with E-state index in [0.29, 0.717) is 18.0 Å². The van der Waals surface area contributed by atoms with Crippen molar-refractivity contribution >= 4 is 23.2 Å². The number of rotatable bonds is 4. The molecule has 2 heterocycles. The zero-order chi connectivity index (χ0) is 16.3. The zero-order valence-electron chi connectivity index (χ0n) is 13.5. The second-order valence-electron chi connectivity index (χ2n) is 6.28. The largest absolute Gasteiger partial charge is 0.354 e. The SMILES string of the molecule is CCCNC(=O)[C@@H]1COC2(CCCCC2)N1C(=O)c1cccs1. The van der Waals surface area contributed by atoms with Crippen LogP contribution in [0.4, 0.5) is 0 Å². The van der Waals surface area contributed by atoms with Gasteiger partial charge in [0.05, 0.1) is 11.5 Å². The number of nitrogens with one attached hydrogen (secondary N) is 1. The van der Waals surface area contributed by atoms with Crippen LogP contribution in [0.15, 0.2) is 17.5 Å². The van der Waals surface area contributed by atoms with Crippen molar-refractivity contribution in [2.75, 3.05) is 13.2 Å². The molecule has 1 aliphatic carbocycles. The maximum absolute atomic E-state index is 13.0. The third kappa shape index (κ3) is 3.15. The lowest BCUT2D eigenvalue weighted by molar-refractivity contribution is -0.127. The quantitative estimate of drug-likeness (QED) is 0.920. The maximum Gasteiger partial charge on any atom is 0.266 e. The third-order valence-electron chi connectivity index (χ3n) is 4.70. The van der Waals surface area contributed by atoms with E-state index in [4.69, 9.17) is 4.74 Å². The predicted molar refractivity (Wildman–Crippen MR) is 89.3 cm³/mol. The van der Waals surface area contributed by atoms with Crippen LogP contribution in [0.1, 0.15) is 55.1 Å². The van der Waals surface area contributed by atoms with Crippen LogP contribution in [-0.2, 0) is 9.53 Å². The maximum atomic E-state index is 13.0. The molecule has 1 N–H and O–H groups in total. The van der Waals surface area contributed by atoms with E-state index in [1.165, 1.54) is 17.8 Å². The van der Waals surface area contributed by atoms with Crippen LogP contribution in [0.25, 0.3) is 0 Å². The van der Waals surface area contributed by atoms with E-state index in [0.717, 1.165) is 32.1 Å². The summed E-state index contributed by atoms with van der Waals surface area (Å²) in [4.78, 5) is 28.0. The molecule has 1 aromatic rings. The average molecular weight is 336 g/mol. The van der Waals surface area contributed by atoms with Gasteiger partial charge in [0.2, 0.25) is 5.91 Å². The summed E-state index contributed by atoms with van der Waals surface area (Å²) in [5.74, 6) is -0.171. The fourth-order valence-corrected chi connectivity index (χ4v) is 4.22. The van der Waals surface area contributed by atoms with Gasteiger partial charge < -0.3 is 10.1 Å². The Balaban J connectivity index is 1.87. The Bertz CT molecular complexity index is 552. The first-order valence-corrected chi connectivity index (χ1v) is 9.35. The Labute approximate surface area is 141 Å². The van der Waals surface area contributed by atoms with Gasteiger partial charge in [-0.1, -0.05) is 19.4 Å². The summed E-state index contributed by atoms with van der Waals surface area (Å²) >= 11 is 1.42. The third-order valence-corrected chi connectivity index (χ3v) is 5.56. The van der Waals surface area contributed by atoms with E-state index >= 15 is 0 Å². The van der Waals surface area contributed by atoms with Gasteiger partial charge in [-0.25, -0.2) is 0 Å². The van der Waals surface area contributed by atoms with Gasteiger partial charge >= 0.3 is 0 Å². The van der Waals surface area contributed by atoms with E-state index in [1.807, 2.05) is 24.4 Å². The number of ether oxygens (including phenoxy) is 1. The van der Waals surface area contributed by atoms with Gasteiger partial charge in [-0.15, -0.1) is 11.3 Å². The minimum atomic E-state index is -0.590. The number of thiophene rings is 1. The Morgan fingerprint density at radius 1 is 1.39 bits per heavy atom. The number of nitrogens with zero attached hydrogens (tertiary/aromatic N) is 1. The molecular weight excluding hydrogens is 312 g/mol.